The van der Waals surface area contributed by atoms with Crippen molar-refractivity contribution in [1.29, 1.82) is 0 Å². The minimum absolute atomic E-state index is 0.0848. The average Bonchev–Trinajstić information content (AvgIpc) is 2.93. The highest BCUT2D eigenvalue weighted by Crippen LogP contribution is 2.44. The highest BCUT2D eigenvalue weighted by molar-refractivity contribution is 5.80. The molecule has 3 rings (SSSR count). The SMILES string of the molecule is COC(=O)[C@@H](O)NC(=O)OCC1c2ccccc2-c2ccccc21. The number of amides is 1. The molecule has 6 heteroatoms. The number of alkyl carbamates (subject to hydrolysis) is 1. The Morgan fingerprint density at radius 1 is 1.08 bits per heavy atom. The van der Waals surface area contributed by atoms with Crippen LogP contribution in [0.4, 0.5) is 4.79 Å². The third-order valence-corrected chi connectivity index (χ3v) is 4.02. The molecule has 124 valence electrons. The molecule has 0 radical (unpaired) electrons. The molecule has 1 amide bonds. The molecule has 1 aliphatic carbocycles. The zero-order chi connectivity index (χ0) is 17.1. The molecule has 1 aliphatic rings. The average molecular weight is 327 g/mol. The summed E-state index contributed by atoms with van der Waals surface area (Å²) in [5, 5.41) is 11.4. The van der Waals surface area contributed by atoms with E-state index in [4.69, 9.17) is 4.74 Å². The van der Waals surface area contributed by atoms with Gasteiger partial charge in [0.1, 0.15) is 6.61 Å². The molecule has 0 aliphatic heterocycles. The van der Waals surface area contributed by atoms with E-state index in [0.29, 0.717) is 0 Å². The minimum atomic E-state index is -1.74. The van der Waals surface area contributed by atoms with Crippen LogP contribution in [0.5, 0.6) is 0 Å². The normalized spacial score (nSPS) is 13.6. The van der Waals surface area contributed by atoms with Gasteiger partial charge in [0.2, 0.25) is 6.23 Å². The number of methoxy groups -OCH3 is 1. The van der Waals surface area contributed by atoms with E-state index in [1.165, 1.54) is 0 Å². The van der Waals surface area contributed by atoms with E-state index in [9.17, 15) is 14.7 Å². The Labute approximate surface area is 139 Å². The third-order valence-electron chi connectivity index (χ3n) is 4.02. The number of hydrogen-bond acceptors (Lipinski definition) is 5. The summed E-state index contributed by atoms with van der Waals surface area (Å²) in [5.41, 5.74) is 4.41. The molecule has 0 spiro atoms. The van der Waals surface area contributed by atoms with Gasteiger partial charge < -0.3 is 14.6 Å². The molecule has 0 fully saturated rings. The summed E-state index contributed by atoms with van der Waals surface area (Å²) in [6.07, 6.45) is -2.62. The number of carbonyl (C=O) groups is 2. The molecule has 2 aromatic rings. The van der Waals surface area contributed by atoms with Gasteiger partial charge in [0, 0.05) is 5.92 Å². The van der Waals surface area contributed by atoms with Crippen molar-refractivity contribution in [2.75, 3.05) is 13.7 Å². The molecule has 24 heavy (non-hydrogen) atoms. The van der Waals surface area contributed by atoms with Crippen molar-refractivity contribution in [3.8, 4) is 11.1 Å². The van der Waals surface area contributed by atoms with Crippen LogP contribution in [0.15, 0.2) is 48.5 Å². The van der Waals surface area contributed by atoms with Gasteiger partial charge in [-0.15, -0.1) is 0 Å². The van der Waals surface area contributed by atoms with Crippen molar-refractivity contribution in [3.05, 3.63) is 59.7 Å². The number of nitrogens with one attached hydrogen (secondary N) is 1. The van der Waals surface area contributed by atoms with Gasteiger partial charge in [-0.3, -0.25) is 5.32 Å². The number of aliphatic hydroxyl groups excluding tert-OH is 1. The van der Waals surface area contributed by atoms with Gasteiger partial charge >= 0.3 is 12.1 Å². The van der Waals surface area contributed by atoms with E-state index in [1.807, 2.05) is 53.8 Å². The first kappa shape index (κ1) is 16.0. The Bertz CT molecular complexity index is 728. The lowest BCUT2D eigenvalue weighted by atomic mass is 9.98. The summed E-state index contributed by atoms with van der Waals surface area (Å²) < 4.78 is 9.51. The maximum absolute atomic E-state index is 11.8. The lowest BCUT2D eigenvalue weighted by molar-refractivity contribution is -0.151. The number of ether oxygens (including phenoxy) is 2. The fraction of sp³-hybridized carbons (Fsp3) is 0.222. The molecule has 2 aromatic carbocycles. The summed E-state index contributed by atoms with van der Waals surface area (Å²) >= 11 is 0. The highest BCUT2D eigenvalue weighted by atomic mass is 16.6. The fourth-order valence-electron chi connectivity index (χ4n) is 2.92. The maximum atomic E-state index is 11.8. The number of hydrogen-bond donors (Lipinski definition) is 2. The lowest BCUT2D eigenvalue weighted by Gasteiger charge is -2.15. The Morgan fingerprint density at radius 2 is 1.62 bits per heavy atom. The second-order valence-electron chi connectivity index (χ2n) is 5.40. The molecule has 0 bridgehead atoms. The van der Waals surface area contributed by atoms with Gasteiger partial charge in [-0.25, -0.2) is 9.59 Å². The van der Waals surface area contributed by atoms with E-state index < -0.39 is 18.3 Å². The van der Waals surface area contributed by atoms with Crippen molar-refractivity contribution < 1.29 is 24.2 Å². The standard InChI is InChI=1S/C18H17NO5/c1-23-17(21)16(20)19-18(22)24-10-15-13-8-4-2-6-11(13)12-7-3-5-9-14(12)15/h2-9,15-16,20H,10H2,1H3,(H,19,22)/t16-/m1/s1. The number of fused-ring (bicyclic) bond motifs is 3. The van der Waals surface area contributed by atoms with Crippen molar-refractivity contribution in [3.63, 3.8) is 0 Å². The predicted octanol–water partition coefficient (Wildman–Crippen LogP) is 2.02. The van der Waals surface area contributed by atoms with Crippen LogP contribution in [-0.4, -0.2) is 37.1 Å². The van der Waals surface area contributed by atoms with E-state index >= 15 is 0 Å². The summed E-state index contributed by atoms with van der Waals surface area (Å²) in [6.45, 7) is 0.105. The van der Waals surface area contributed by atoms with Gasteiger partial charge in [0.05, 0.1) is 7.11 Å². The quantitative estimate of drug-likeness (QED) is 0.663. The Morgan fingerprint density at radius 3 is 2.17 bits per heavy atom. The zero-order valence-electron chi connectivity index (χ0n) is 13.1. The number of rotatable bonds is 4. The van der Waals surface area contributed by atoms with Crippen LogP contribution in [0.2, 0.25) is 0 Å². The molecular weight excluding hydrogens is 310 g/mol. The summed E-state index contributed by atoms with van der Waals surface area (Å²) in [7, 11) is 1.12. The Balaban J connectivity index is 1.72. The third kappa shape index (κ3) is 2.96. The zero-order valence-corrected chi connectivity index (χ0v) is 13.1. The monoisotopic (exact) mass is 327 g/mol. The number of esters is 1. The molecule has 1 atom stereocenters. The van der Waals surface area contributed by atoms with Crippen LogP contribution >= 0.6 is 0 Å². The Kier molecular flexibility index (Phi) is 4.48. The molecular formula is C18H17NO5. The Hall–Kier alpha value is -2.86. The van der Waals surface area contributed by atoms with Crippen molar-refractivity contribution in [1.82, 2.24) is 5.32 Å². The highest BCUT2D eigenvalue weighted by Gasteiger charge is 2.29. The van der Waals surface area contributed by atoms with Crippen molar-refractivity contribution >= 4 is 12.1 Å². The number of aliphatic hydroxyl groups is 1. The number of benzene rings is 2. The molecule has 6 nitrogen and oxygen atoms in total. The largest absolute Gasteiger partial charge is 0.466 e. The minimum Gasteiger partial charge on any atom is -0.466 e. The van der Waals surface area contributed by atoms with Gasteiger partial charge in [0.15, 0.2) is 0 Å². The first-order chi connectivity index (χ1) is 11.6. The van der Waals surface area contributed by atoms with Crippen molar-refractivity contribution in [2.45, 2.75) is 12.1 Å². The van der Waals surface area contributed by atoms with Gasteiger partial charge in [-0.1, -0.05) is 48.5 Å². The second kappa shape index (κ2) is 6.72. The summed E-state index contributed by atoms with van der Waals surface area (Å²) in [4.78, 5) is 22.8. The van der Waals surface area contributed by atoms with E-state index in [0.717, 1.165) is 29.4 Å². The smallest absolute Gasteiger partial charge is 0.409 e. The van der Waals surface area contributed by atoms with Crippen LogP contribution in [0.3, 0.4) is 0 Å². The predicted molar refractivity (Wildman–Crippen MR) is 86.2 cm³/mol. The van der Waals surface area contributed by atoms with E-state index in [-0.39, 0.29) is 12.5 Å². The van der Waals surface area contributed by atoms with Gasteiger partial charge in [-0.05, 0) is 22.3 Å². The second-order valence-corrected chi connectivity index (χ2v) is 5.40. The first-order valence-corrected chi connectivity index (χ1v) is 7.49. The van der Waals surface area contributed by atoms with Crippen LogP contribution in [0.1, 0.15) is 17.0 Å². The first-order valence-electron chi connectivity index (χ1n) is 7.49. The van der Waals surface area contributed by atoms with Crippen LogP contribution in [-0.2, 0) is 14.3 Å². The molecule has 0 unspecified atom stereocenters. The van der Waals surface area contributed by atoms with Crippen LogP contribution in [0.25, 0.3) is 11.1 Å². The van der Waals surface area contributed by atoms with Gasteiger partial charge in [-0.2, -0.15) is 0 Å². The molecule has 0 heterocycles. The summed E-state index contributed by atoms with van der Waals surface area (Å²) in [6, 6.07) is 15.9. The maximum Gasteiger partial charge on any atom is 0.409 e. The fourth-order valence-corrected chi connectivity index (χ4v) is 2.92. The molecule has 0 saturated carbocycles. The number of carbonyl (C=O) groups excluding carboxylic acids is 2. The van der Waals surface area contributed by atoms with Crippen molar-refractivity contribution in [2.24, 2.45) is 0 Å². The summed E-state index contributed by atoms with van der Waals surface area (Å²) in [5.74, 6) is -1.04. The van der Waals surface area contributed by atoms with Crippen LogP contribution < -0.4 is 5.32 Å². The lowest BCUT2D eigenvalue weighted by Crippen LogP contribution is -2.41. The topological polar surface area (TPSA) is 84.9 Å². The van der Waals surface area contributed by atoms with Crippen LogP contribution in [0, 0.1) is 0 Å². The van der Waals surface area contributed by atoms with Gasteiger partial charge in [0.25, 0.3) is 0 Å². The molecule has 2 N–H and O–H groups in total. The molecule has 0 saturated heterocycles. The molecule has 0 aromatic heterocycles. The van der Waals surface area contributed by atoms with E-state index in [2.05, 4.69) is 4.74 Å². The van der Waals surface area contributed by atoms with E-state index in [1.54, 1.807) is 0 Å².